The zero-order valence-electron chi connectivity index (χ0n) is 13.4. The number of rotatable bonds is 9. The second kappa shape index (κ2) is 8.89. The number of amides is 1. The average Bonchev–Trinajstić information content (AvgIpc) is 2.51. The summed E-state index contributed by atoms with van der Waals surface area (Å²) in [5, 5.41) is 11.5. The van der Waals surface area contributed by atoms with Gasteiger partial charge in [-0.05, 0) is 26.0 Å². The zero-order chi connectivity index (χ0) is 17.4. The summed E-state index contributed by atoms with van der Waals surface area (Å²) in [6, 6.07) is 5.40. The first kappa shape index (κ1) is 18.6. The number of aliphatic carboxylic acids is 1. The van der Waals surface area contributed by atoms with Crippen molar-refractivity contribution in [1.82, 2.24) is 5.32 Å². The van der Waals surface area contributed by atoms with Crippen molar-refractivity contribution in [2.45, 2.75) is 32.4 Å². The molecule has 1 amide bonds. The third-order valence-corrected chi connectivity index (χ3v) is 3.15. The minimum absolute atomic E-state index is 0.113. The third-order valence-electron chi connectivity index (χ3n) is 3.15. The van der Waals surface area contributed by atoms with Gasteiger partial charge in [-0.15, -0.1) is 0 Å². The topological polar surface area (TPSA) is 102 Å². The van der Waals surface area contributed by atoms with Gasteiger partial charge in [0.2, 0.25) is 0 Å². The van der Waals surface area contributed by atoms with Crippen LogP contribution >= 0.6 is 0 Å². The van der Waals surface area contributed by atoms with Crippen LogP contribution in [0.3, 0.4) is 0 Å². The molecule has 23 heavy (non-hydrogen) atoms. The molecule has 0 saturated carbocycles. The number of methoxy groups -OCH3 is 1. The molecule has 0 aliphatic carbocycles. The molecule has 2 N–H and O–H groups in total. The van der Waals surface area contributed by atoms with Gasteiger partial charge in [0, 0.05) is 25.7 Å². The lowest BCUT2D eigenvalue weighted by molar-refractivity contribution is -0.143. The van der Waals surface area contributed by atoms with Crippen LogP contribution in [0.15, 0.2) is 24.3 Å². The Hall–Kier alpha value is -2.41. The number of hydrogen-bond donors (Lipinski definition) is 2. The molecule has 126 valence electrons. The molecule has 2 atom stereocenters. The first-order chi connectivity index (χ1) is 10.8. The maximum Gasteiger partial charge on any atom is 0.326 e. The number of carboxylic acids is 1. The summed E-state index contributed by atoms with van der Waals surface area (Å²) in [7, 11) is 1.45. The predicted molar refractivity (Wildman–Crippen MR) is 82.6 cm³/mol. The quantitative estimate of drug-likeness (QED) is 0.663. The molecule has 7 heteroatoms. The van der Waals surface area contributed by atoms with Gasteiger partial charge in [0.1, 0.15) is 11.8 Å². The normalized spacial score (nSPS) is 13.0. The minimum Gasteiger partial charge on any atom is -0.481 e. The van der Waals surface area contributed by atoms with E-state index in [1.54, 1.807) is 18.2 Å². The Morgan fingerprint density at radius 2 is 2.00 bits per heavy atom. The van der Waals surface area contributed by atoms with Crippen LogP contribution in [-0.2, 0) is 14.3 Å². The Labute approximate surface area is 134 Å². The molecule has 0 aliphatic rings. The largest absolute Gasteiger partial charge is 0.481 e. The molecule has 0 aliphatic heterocycles. The molecule has 0 saturated heterocycles. The summed E-state index contributed by atoms with van der Waals surface area (Å²) in [5.41, 5.74) is 0.471. The molecular weight excluding hydrogens is 302 g/mol. The first-order valence-electron chi connectivity index (χ1n) is 7.15. The maximum atomic E-state index is 12.0. The lowest BCUT2D eigenvalue weighted by Gasteiger charge is -2.19. The summed E-state index contributed by atoms with van der Waals surface area (Å²) >= 11 is 0. The van der Waals surface area contributed by atoms with Crippen molar-refractivity contribution in [2.24, 2.45) is 0 Å². The van der Waals surface area contributed by atoms with Crippen molar-refractivity contribution in [3.63, 3.8) is 0 Å². The van der Waals surface area contributed by atoms with E-state index in [1.807, 2.05) is 0 Å². The molecule has 0 fully saturated rings. The van der Waals surface area contributed by atoms with Gasteiger partial charge in [-0.2, -0.15) is 0 Å². The fourth-order valence-corrected chi connectivity index (χ4v) is 1.83. The zero-order valence-corrected chi connectivity index (χ0v) is 13.4. The number of carboxylic acid groups (broad SMARTS) is 1. The Kier molecular flexibility index (Phi) is 7.21. The van der Waals surface area contributed by atoms with Crippen molar-refractivity contribution in [3.05, 3.63) is 29.8 Å². The average molecular weight is 323 g/mol. The second-order valence-corrected chi connectivity index (χ2v) is 5.02. The van der Waals surface area contributed by atoms with Gasteiger partial charge < -0.3 is 19.9 Å². The standard InChI is InChI=1S/C16H21NO6/c1-10(18)12-5-4-6-13(9-12)23-11(2)15(19)17-14(16(20)21)7-8-22-3/h4-6,9,11,14H,7-8H2,1-3H3,(H,17,19)(H,20,21). The fraction of sp³-hybridized carbons (Fsp3) is 0.438. The van der Waals surface area contributed by atoms with Gasteiger partial charge in [-0.3, -0.25) is 9.59 Å². The van der Waals surface area contributed by atoms with Gasteiger partial charge >= 0.3 is 5.97 Å². The van der Waals surface area contributed by atoms with Crippen molar-refractivity contribution >= 4 is 17.7 Å². The molecule has 0 bridgehead atoms. The predicted octanol–water partition coefficient (Wildman–Crippen LogP) is 1.26. The Bertz CT molecular complexity index is 571. The number of carbonyl (C=O) groups is 3. The Morgan fingerprint density at radius 1 is 1.30 bits per heavy atom. The number of ketones is 1. The summed E-state index contributed by atoms with van der Waals surface area (Å²) < 4.78 is 10.3. The smallest absolute Gasteiger partial charge is 0.326 e. The molecule has 7 nitrogen and oxygen atoms in total. The van der Waals surface area contributed by atoms with E-state index in [4.69, 9.17) is 14.6 Å². The molecule has 1 rings (SSSR count). The number of hydrogen-bond acceptors (Lipinski definition) is 5. The van der Waals surface area contributed by atoms with Crippen LogP contribution in [0.1, 0.15) is 30.6 Å². The van der Waals surface area contributed by atoms with Gasteiger partial charge in [-0.25, -0.2) is 4.79 Å². The number of Topliss-reactive ketones (excluding diaryl/α,β-unsaturated/α-hetero) is 1. The lowest BCUT2D eigenvalue weighted by atomic mass is 10.1. The Morgan fingerprint density at radius 3 is 2.57 bits per heavy atom. The monoisotopic (exact) mass is 323 g/mol. The van der Waals surface area contributed by atoms with E-state index in [0.29, 0.717) is 11.3 Å². The van der Waals surface area contributed by atoms with Gasteiger partial charge in [0.05, 0.1) is 0 Å². The van der Waals surface area contributed by atoms with E-state index in [2.05, 4.69) is 5.32 Å². The fourth-order valence-electron chi connectivity index (χ4n) is 1.83. The van der Waals surface area contributed by atoms with E-state index in [1.165, 1.54) is 27.0 Å². The highest BCUT2D eigenvalue weighted by Crippen LogP contribution is 2.15. The van der Waals surface area contributed by atoms with Crippen LogP contribution in [0.5, 0.6) is 5.75 Å². The van der Waals surface area contributed by atoms with Crippen LogP contribution in [0.2, 0.25) is 0 Å². The summed E-state index contributed by atoms with van der Waals surface area (Å²) in [6.45, 7) is 3.15. The van der Waals surface area contributed by atoms with Crippen molar-refractivity contribution in [2.75, 3.05) is 13.7 Å². The second-order valence-electron chi connectivity index (χ2n) is 5.02. The van der Waals surface area contributed by atoms with Crippen LogP contribution in [0, 0.1) is 0 Å². The number of carbonyl (C=O) groups excluding carboxylic acids is 2. The molecule has 0 radical (unpaired) electrons. The summed E-state index contributed by atoms with van der Waals surface area (Å²) in [5.74, 6) is -1.44. The van der Waals surface area contributed by atoms with E-state index >= 15 is 0 Å². The van der Waals surface area contributed by atoms with Gasteiger partial charge in [0.25, 0.3) is 5.91 Å². The van der Waals surface area contributed by atoms with E-state index in [-0.39, 0.29) is 18.8 Å². The van der Waals surface area contributed by atoms with E-state index in [0.717, 1.165) is 0 Å². The van der Waals surface area contributed by atoms with E-state index in [9.17, 15) is 14.4 Å². The number of benzene rings is 1. The highest BCUT2D eigenvalue weighted by molar-refractivity contribution is 5.94. The van der Waals surface area contributed by atoms with Crippen LogP contribution < -0.4 is 10.1 Å². The Balaban J connectivity index is 2.67. The van der Waals surface area contributed by atoms with Crippen LogP contribution in [-0.4, -0.2) is 48.6 Å². The number of nitrogens with one attached hydrogen (secondary N) is 1. The third kappa shape index (κ3) is 6.07. The van der Waals surface area contributed by atoms with Crippen molar-refractivity contribution in [3.8, 4) is 5.75 Å². The highest BCUT2D eigenvalue weighted by atomic mass is 16.5. The lowest BCUT2D eigenvalue weighted by Crippen LogP contribution is -2.46. The maximum absolute atomic E-state index is 12.0. The van der Waals surface area contributed by atoms with E-state index < -0.39 is 24.0 Å². The van der Waals surface area contributed by atoms with Gasteiger partial charge in [-0.1, -0.05) is 12.1 Å². The molecule has 0 spiro atoms. The number of ether oxygens (including phenoxy) is 2. The molecule has 1 aromatic rings. The van der Waals surface area contributed by atoms with Crippen molar-refractivity contribution < 1.29 is 29.0 Å². The molecular formula is C16H21NO6. The van der Waals surface area contributed by atoms with Crippen LogP contribution in [0.4, 0.5) is 0 Å². The summed E-state index contributed by atoms with van der Waals surface area (Å²) in [4.78, 5) is 34.5. The molecule has 2 unspecified atom stereocenters. The summed E-state index contributed by atoms with van der Waals surface area (Å²) in [6.07, 6.45) is -0.744. The van der Waals surface area contributed by atoms with Gasteiger partial charge in [0.15, 0.2) is 11.9 Å². The molecule has 1 aromatic carbocycles. The molecule has 0 aromatic heterocycles. The SMILES string of the molecule is COCCC(NC(=O)C(C)Oc1cccc(C(C)=O)c1)C(=O)O. The highest BCUT2D eigenvalue weighted by Gasteiger charge is 2.23. The van der Waals surface area contributed by atoms with Crippen molar-refractivity contribution in [1.29, 1.82) is 0 Å². The molecule has 0 heterocycles. The first-order valence-corrected chi connectivity index (χ1v) is 7.15. The van der Waals surface area contributed by atoms with Crippen LogP contribution in [0.25, 0.3) is 0 Å². The minimum atomic E-state index is -1.14.